The van der Waals surface area contributed by atoms with E-state index in [0.29, 0.717) is 0 Å². The Kier molecular flexibility index (Phi) is 3.56. The maximum Gasteiger partial charge on any atom is 0.251 e. The van der Waals surface area contributed by atoms with Crippen molar-refractivity contribution in [2.24, 2.45) is 11.8 Å². The van der Waals surface area contributed by atoms with E-state index < -0.39 is 0 Å². The molecule has 102 valence electrons. The first-order chi connectivity index (χ1) is 9.26. The molecule has 0 aliphatic heterocycles. The molecule has 2 fully saturated rings. The van der Waals surface area contributed by atoms with E-state index in [1.54, 1.807) is 7.05 Å². The van der Waals surface area contributed by atoms with Crippen molar-refractivity contribution in [1.29, 1.82) is 0 Å². The van der Waals surface area contributed by atoms with Crippen molar-refractivity contribution in [2.45, 2.75) is 38.3 Å². The van der Waals surface area contributed by atoms with Crippen LogP contribution in [0, 0.1) is 11.8 Å². The molecule has 2 bridgehead atoms. The Hall–Kier alpha value is -1.35. The van der Waals surface area contributed by atoms with Crippen molar-refractivity contribution < 1.29 is 4.79 Å². The van der Waals surface area contributed by atoms with Gasteiger partial charge in [-0.3, -0.25) is 4.79 Å². The quantitative estimate of drug-likeness (QED) is 0.870. The minimum Gasteiger partial charge on any atom is -0.355 e. The van der Waals surface area contributed by atoms with Gasteiger partial charge < -0.3 is 10.6 Å². The Morgan fingerprint density at radius 1 is 1.21 bits per heavy atom. The molecule has 2 N–H and O–H groups in total. The van der Waals surface area contributed by atoms with E-state index in [1.807, 2.05) is 24.3 Å². The topological polar surface area (TPSA) is 41.1 Å². The van der Waals surface area contributed by atoms with Gasteiger partial charge in [0.15, 0.2) is 0 Å². The molecule has 2 aliphatic carbocycles. The zero-order chi connectivity index (χ0) is 13.2. The number of carbonyl (C=O) groups excluding carboxylic acids is 1. The third-order valence-corrected chi connectivity index (χ3v) is 4.75. The lowest BCUT2D eigenvalue weighted by Crippen LogP contribution is -2.33. The van der Waals surface area contributed by atoms with Gasteiger partial charge in [0.25, 0.3) is 5.91 Å². The Balaban J connectivity index is 1.54. The van der Waals surface area contributed by atoms with Gasteiger partial charge in [0.05, 0.1) is 0 Å². The number of hydrogen-bond acceptors (Lipinski definition) is 2. The van der Waals surface area contributed by atoms with Crippen molar-refractivity contribution >= 4 is 5.91 Å². The second kappa shape index (κ2) is 5.33. The fourth-order valence-corrected chi connectivity index (χ4v) is 3.66. The number of fused-ring (bicyclic) bond motifs is 2. The highest BCUT2D eigenvalue weighted by Gasteiger charge is 2.38. The highest BCUT2D eigenvalue weighted by Crippen LogP contribution is 2.44. The summed E-state index contributed by atoms with van der Waals surface area (Å²) in [5.41, 5.74) is 1.99. The number of nitrogens with one attached hydrogen (secondary N) is 2. The molecule has 0 aromatic heterocycles. The summed E-state index contributed by atoms with van der Waals surface area (Å²) < 4.78 is 0. The smallest absolute Gasteiger partial charge is 0.251 e. The van der Waals surface area contributed by atoms with Crippen LogP contribution in [0.2, 0.25) is 0 Å². The maximum absolute atomic E-state index is 11.5. The lowest BCUT2D eigenvalue weighted by molar-refractivity contribution is 0.0963. The van der Waals surface area contributed by atoms with E-state index in [4.69, 9.17) is 0 Å². The lowest BCUT2D eigenvalue weighted by Gasteiger charge is -2.23. The van der Waals surface area contributed by atoms with Crippen molar-refractivity contribution in [2.75, 3.05) is 7.05 Å². The molecule has 3 nitrogen and oxygen atoms in total. The first kappa shape index (κ1) is 12.7. The summed E-state index contributed by atoms with van der Waals surface area (Å²) in [4.78, 5) is 11.5. The molecule has 0 saturated heterocycles. The second-order valence-electron chi connectivity index (χ2n) is 5.94. The predicted molar refractivity (Wildman–Crippen MR) is 75.9 cm³/mol. The van der Waals surface area contributed by atoms with Crippen molar-refractivity contribution in [1.82, 2.24) is 10.6 Å². The molecule has 0 spiro atoms. The van der Waals surface area contributed by atoms with E-state index in [-0.39, 0.29) is 5.91 Å². The van der Waals surface area contributed by atoms with Crippen LogP contribution in [-0.4, -0.2) is 19.0 Å². The van der Waals surface area contributed by atoms with Gasteiger partial charge in [0.2, 0.25) is 0 Å². The minimum absolute atomic E-state index is 0.0207. The molecule has 1 amide bonds. The minimum atomic E-state index is -0.0207. The summed E-state index contributed by atoms with van der Waals surface area (Å²) in [6.45, 7) is 0.919. The summed E-state index contributed by atoms with van der Waals surface area (Å²) in [7, 11) is 1.66. The van der Waals surface area contributed by atoms with Crippen LogP contribution >= 0.6 is 0 Å². The summed E-state index contributed by atoms with van der Waals surface area (Å²) in [5, 5.41) is 6.33. The van der Waals surface area contributed by atoms with Crippen molar-refractivity contribution in [3.8, 4) is 0 Å². The normalized spacial score (nSPS) is 28.6. The molecule has 19 heavy (non-hydrogen) atoms. The maximum atomic E-state index is 11.5. The predicted octanol–water partition coefficient (Wildman–Crippen LogP) is 2.32. The number of rotatable bonds is 4. The van der Waals surface area contributed by atoms with Gasteiger partial charge in [-0.25, -0.2) is 0 Å². The van der Waals surface area contributed by atoms with Crippen LogP contribution in [0.3, 0.4) is 0 Å². The zero-order valence-corrected chi connectivity index (χ0v) is 11.5. The largest absolute Gasteiger partial charge is 0.355 e. The molecule has 0 radical (unpaired) electrons. The van der Waals surface area contributed by atoms with Gasteiger partial charge in [-0.05, 0) is 48.8 Å². The van der Waals surface area contributed by atoms with Crippen LogP contribution in [-0.2, 0) is 6.54 Å². The summed E-state index contributed by atoms with van der Waals surface area (Å²) in [6, 6.07) is 8.61. The standard InChI is InChI=1S/C16H22N2O/c1-17-16(19)13-5-2-11(3-6-13)10-18-15-9-12-4-7-14(15)8-12/h2-3,5-6,12,14-15,18H,4,7-10H2,1H3,(H,17,19). The van der Waals surface area contributed by atoms with Crippen LogP contribution < -0.4 is 10.6 Å². The Morgan fingerprint density at radius 2 is 2.00 bits per heavy atom. The average molecular weight is 258 g/mol. The number of hydrogen-bond donors (Lipinski definition) is 2. The van der Waals surface area contributed by atoms with Crippen LogP contribution in [0.25, 0.3) is 0 Å². The number of benzene rings is 1. The van der Waals surface area contributed by atoms with Crippen molar-refractivity contribution in [3.05, 3.63) is 35.4 Å². The fraction of sp³-hybridized carbons (Fsp3) is 0.562. The Bertz CT molecular complexity index is 454. The van der Waals surface area contributed by atoms with E-state index in [2.05, 4.69) is 10.6 Å². The summed E-state index contributed by atoms with van der Waals surface area (Å²) in [5.74, 6) is 1.88. The molecule has 1 aromatic carbocycles. The van der Waals surface area contributed by atoms with E-state index in [0.717, 1.165) is 30.0 Å². The zero-order valence-electron chi connectivity index (χ0n) is 11.5. The van der Waals surface area contributed by atoms with Gasteiger partial charge in [-0.15, -0.1) is 0 Å². The molecular weight excluding hydrogens is 236 g/mol. The summed E-state index contributed by atoms with van der Waals surface area (Å²) >= 11 is 0. The van der Waals surface area contributed by atoms with E-state index in [9.17, 15) is 4.79 Å². The van der Waals surface area contributed by atoms with Crippen LogP contribution in [0.5, 0.6) is 0 Å². The molecular formula is C16H22N2O. The van der Waals surface area contributed by atoms with Gasteiger partial charge in [0, 0.05) is 25.2 Å². The Labute approximate surface area is 114 Å². The monoisotopic (exact) mass is 258 g/mol. The molecule has 3 rings (SSSR count). The second-order valence-corrected chi connectivity index (χ2v) is 5.94. The number of amides is 1. The van der Waals surface area contributed by atoms with Gasteiger partial charge >= 0.3 is 0 Å². The van der Waals surface area contributed by atoms with Crippen molar-refractivity contribution in [3.63, 3.8) is 0 Å². The summed E-state index contributed by atoms with van der Waals surface area (Å²) in [6.07, 6.45) is 5.66. The lowest BCUT2D eigenvalue weighted by atomic mass is 9.95. The molecule has 3 unspecified atom stereocenters. The van der Waals surface area contributed by atoms with Gasteiger partial charge in [-0.1, -0.05) is 18.6 Å². The molecule has 1 aromatic rings. The molecule has 3 atom stereocenters. The Morgan fingerprint density at radius 3 is 2.58 bits per heavy atom. The van der Waals surface area contributed by atoms with Crippen LogP contribution in [0.1, 0.15) is 41.6 Å². The third-order valence-electron chi connectivity index (χ3n) is 4.75. The van der Waals surface area contributed by atoms with Gasteiger partial charge in [-0.2, -0.15) is 0 Å². The van der Waals surface area contributed by atoms with E-state index in [1.165, 1.54) is 31.2 Å². The highest BCUT2D eigenvalue weighted by atomic mass is 16.1. The molecule has 3 heteroatoms. The fourth-order valence-electron chi connectivity index (χ4n) is 3.66. The van der Waals surface area contributed by atoms with Gasteiger partial charge in [0.1, 0.15) is 0 Å². The van der Waals surface area contributed by atoms with Crippen LogP contribution in [0.4, 0.5) is 0 Å². The van der Waals surface area contributed by atoms with Crippen LogP contribution in [0.15, 0.2) is 24.3 Å². The third kappa shape index (κ3) is 2.66. The number of carbonyl (C=O) groups is 1. The highest BCUT2D eigenvalue weighted by molar-refractivity contribution is 5.93. The molecule has 2 saturated carbocycles. The molecule has 0 heterocycles. The first-order valence-corrected chi connectivity index (χ1v) is 7.30. The molecule has 2 aliphatic rings. The average Bonchev–Trinajstić information content (AvgIpc) is 3.07. The van der Waals surface area contributed by atoms with E-state index >= 15 is 0 Å². The first-order valence-electron chi connectivity index (χ1n) is 7.30. The SMILES string of the molecule is CNC(=O)c1ccc(CNC2CC3CCC2C3)cc1.